The molecule has 0 aliphatic heterocycles. The zero-order valence-electron chi connectivity index (χ0n) is 8.87. The molecule has 2 unspecified atom stereocenters. The van der Waals surface area contributed by atoms with Crippen LogP contribution in [-0.4, -0.2) is 13.0 Å². The molecule has 2 aliphatic carbocycles. The van der Waals surface area contributed by atoms with Gasteiger partial charge in [-0.05, 0) is 60.2 Å². The molecule has 1 N–H and O–H groups in total. The van der Waals surface area contributed by atoms with Crippen molar-refractivity contribution in [2.24, 2.45) is 0 Å². The molecular formula is C13H15BO. The van der Waals surface area contributed by atoms with E-state index in [9.17, 15) is 5.11 Å². The van der Waals surface area contributed by atoms with Gasteiger partial charge in [-0.1, -0.05) is 12.1 Å². The molecule has 0 amide bonds. The van der Waals surface area contributed by atoms with E-state index in [1.54, 1.807) is 0 Å². The summed E-state index contributed by atoms with van der Waals surface area (Å²) in [5.41, 5.74) is 5.42. The van der Waals surface area contributed by atoms with Gasteiger partial charge in [-0.3, -0.25) is 0 Å². The lowest BCUT2D eigenvalue weighted by Crippen LogP contribution is -2.06. The van der Waals surface area contributed by atoms with Crippen molar-refractivity contribution >= 4 is 7.85 Å². The molecule has 2 radical (unpaired) electrons. The molecule has 76 valence electrons. The van der Waals surface area contributed by atoms with Gasteiger partial charge >= 0.3 is 0 Å². The van der Waals surface area contributed by atoms with E-state index in [0.717, 1.165) is 12.0 Å². The quantitative estimate of drug-likeness (QED) is 0.633. The fourth-order valence-corrected chi connectivity index (χ4v) is 3.02. The monoisotopic (exact) mass is 198 g/mol. The van der Waals surface area contributed by atoms with Crippen LogP contribution in [0.3, 0.4) is 0 Å². The second-order valence-electron chi connectivity index (χ2n) is 4.79. The van der Waals surface area contributed by atoms with Gasteiger partial charge in [0.2, 0.25) is 0 Å². The second kappa shape index (κ2) is 3.38. The maximum atomic E-state index is 9.93. The van der Waals surface area contributed by atoms with Crippen molar-refractivity contribution in [3.8, 4) is 0 Å². The summed E-state index contributed by atoms with van der Waals surface area (Å²) in [7, 11) is 5.91. The van der Waals surface area contributed by atoms with Crippen LogP contribution >= 0.6 is 0 Å². The Labute approximate surface area is 91.9 Å². The zero-order valence-corrected chi connectivity index (χ0v) is 8.87. The Kier molecular flexibility index (Phi) is 2.13. The summed E-state index contributed by atoms with van der Waals surface area (Å²) in [4.78, 5) is 0. The Morgan fingerprint density at radius 1 is 1.13 bits per heavy atom. The number of aryl methyl sites for hydroxylation is 1. The fourth-order valence-electron chi connectivity index (χ4n) is 3.02. The summed E-state index contributed by atoms with van der Waals surface area (Å²) in [5.74, 6) is -0.0894. The van der Waals surface area contributed by atoms with Gasteiger partial charge in [-0.25, -0.2) is 0 Å². The van der Waals surface area contributed by atoms with Crippen molar-refractivity contribution in [1.82, 2.24) is 0 Å². The highest BCUT2D eigenvalue weighted by Crippen LogP contribution is 2.42. The Bertz CT molecular complexity index is 400. The van der Waals surface area contributed by atoms with Gasteiger partial charge in [0.25, 0.3) is 0 Å². The molecular weight excluding hydrogens is 183 g/mol. The van der Waals surface area contributed by atoms with E-state index < -0.39 is 6.10 Å². The van der Waals surface area contributed by atoms with Crippen LogP contribution in [0.1, 0.15) is 41.2 Å². The van der Waals surface area contributed by atoms with Crippen molar-refractivity contribution in [3.63, 3.8) is 0 Å². The largest absolute Gasteiger partial charge is 0.389 e. The Balaban J connectivity index is 2.13. The topological polar surface area (TPSA) is 20.2 Å². The number of hydrogen-bond acceptors (Lipinski definition) is 1. The smallest absolute Gasteiger partial charge is 0.0746 e. The van der Waals surface area contributed by atoms with E-state index in [-0.39, 0.29) is 5.82 Å². The summed E-state index contributed by atoms with van der Waals surface area (Å²) in [6.07, 6.45) is 5.40. The van der Waals surface area contributed by atoms with Crippen LogP contribution < -0.4 is 0 Å². The number of aliphatic hydroxyl groups is 1. The average molecular weight is 198 g/mol. The van der Waals surface area contributed by atoms with E-state index >= 15 is 0 Å². The van der Waals surface area contributed by atoms with Gasteiger partial charge in [-0.2, -0.15) is 0 Å². The first-order valence-corrected chi connectivity index (χ1v) is 5.84. The molecule has 2 atom stereocenters. The van der Waals surface area contributed by atoms with Crippen molar-refractivity contribution in [1.29, 1.82) is 0 Å². The van der Waals surface area contributed by atoms with E-state index in [1.807, 2.05) is 0 Å². The molecule has 0 aromatic heterocycles. The number of rotatable bonds is 0. The van der Waals surface area contributed by atoms with E-state index in [2.05, 4.69) is 12.1 Å². The second-order valence-corrected chi connectivity index (χ2v) is 4.79. The summed E-state index contributed by atoms with van der Waals surface area (Å²) >= 11 is 0. The predicted octanol–water partition coefficient (Wildman–Crippen LogP) is 2.11. The number of hydrogen-bond donors (Lipinski definition) is 1. The SMILES string of the molecule is [B]C1Cc2c(ccc3c2CCCC3)C1O. The standard InChI is InChI=1S/C13H15BO/c14-12-7-11-9-4-2-1-3-8(9)5-6-10(11)13(12)15/h5-6,12-13,15H,1-4,7H2. The molecule has 1 aromatic rings. The van der Waals surface area contributed by atoms with Crippen LogP contribution in [0.15, 0.2) is 12.1 Å². The highest BCUT2D eigenvalue weighted by Gasteiger charge is 2.30. The minimum absolute atomic E-state index is 0.0894. The molecule has 0 saturated carbocycles. The predicted molar refractivity (Wildman–Crippen MR) is 61.3 cm³/mol. The third kappa shape index (κ3) is 1.35. The van der Waals surface area contributed by atoms with E-state index in [4.69, 9.17) is 7.85 Å². The van der Waals surface area contributed by atoms with Crippen LogP contribution in [0.2, 0.25) is 5.82 Å². The fraction of sp³-hybridized carbons (Fsp3) is 0.538. The van der Waals surface area contributed by atoms with Gasteiger partial charge in [0.15, 0.2) is 0 Å². The van der Waals surface area contributed by atoms with E-state index in [0.29, 0.717) is 0 Å². The zero-order chi connectivity index (χ0) is 10.4. The first-order chi connectivity index (χ1) is 7.27. The normalized spacial score (nSPS) is 28.6. The molecule has 15 heavy (non-hydrogen) atoms. The molecule has 0 fully saturated rings. The first kappa shape index (κ1) is 9.47. The third-order valence-corrected chi connectivity index (χ3v) is 3.85. The summed E-state index contributed by atoms with van der Waals surface area (Å²) < 4.78 is 0. The highest BCUT2D eigenvalue weighted by molar-refractivity contribution is 6.12. The van der Waals surface area contributed by atoms with Crippen molar-refractivity contribution < 1.29 is 5.11 Å². The van der Waals surface area contributed by atoms with Gasteiger partial charge < -0.3 is 5.11 Å². The number of aliphatic hydroxyl groups excluding tert-OH is 1. The lowest BCUT2D eigenvalue weighted by molar-refractivity contribution is 0.180. The minimum atomic E-state index is -0.438. The van der Waals surface area contributed by atoms with Gasteiger partial charge in [0, 0.05) is 0 Å². The maximum Gasteiger partial charge on any atom is 0.0746 e. The average Bonchev–Trinajstić information content (AvgIpc) is 2.56. The lowest BCUT2D eigenvalue weighted by Gasteiger charge is -2.19. The lowest BCUT2D eigenvalue weighted by atomic mass is 9.82. The first-order valence-electron chi connectivity index (χ1n) is 5.84. The molecule has 0 bridgehead atoms. The molecule has 0 heterocycles. The van der Waals surface area contributed by atoms with Crippen LogP contribution in [0.25, 0.3) is 0 Å². The number of fused-ring (bicyclic) bond motifs is 3. The summed E-state index contributed by atoms with van der Waals surface area (Å²) in [6, 6.07) is 4.27. The van der Waals surface area contributed by atoms with Gasteiger partial charge in [0.1, 0.15) is 0 Å². The molecule has 0 saturated heterocycles. The Morgan fingerprint density at radius 2 is 1.93 bits per heavy atom. The van der Waals surface area contributed by atoms with Crippen LogP contribution in [-0.2, 0) is 19.3 Å². The Morgan fingerprint density at radius 3 is 2.80 bits per heavy atom. The van der Waals surface area contributed by atoms with Crippen LogP contribution in [0.4, 0.5) is 0 Å². The highest BCUT2D eigenvalue weighted by atomic mass is 16.3. The van der Waals surface area contributed by atoms with E-state index in [1.165, 1.54) is 42.4 Å². The minimum Gasteiger partial charge on any atom is -0.389 e. The van der Waals surface area contributed by atoms with Crippen molar-refractivity contribution in [2.45, 2.75) is 44.0 Å². The molecule has 3 rings (SSSR count). The van der Waals surface area contributed by atoms with Crippen molar-refractivity contribution in [3.05, 3.63) is 34.4 Å². The van der Waals surface area contributed by atoms with Gasteiger partial charge in [0.05, 0.1) is 14.0 Å². The molecule has 1 nitrogen and oxygen atoms in total. The maximum absolute atomic E-state index is 9.93. The third-order valence-electron chi connectivity index (χ3n) is 3.85. The molecule has 2 heteroatoms. The molecule has 2 aliphatic rings. The van der Waals surface area contributed by atoms with Crippen LogP contribution in [0, 0.1) is 0 Å². The van der Waals surface area contributed by atoms with Crippen LogP contribution in [0.5, 0.6) is 0 Å². The Hall–Kier alpha value is -0.755. The summed E-state index contributed by atoms with van der Waals surface area (Å²) in [5, 5.41) is 9.93. The van der Waals surface area contributed by atoms with Crippen molar-refractivity contribution in [2.75, 3.05) is 0 Å². The molecule has 1 aromatic carbocycles. The number of benzene rings is 1. The summed E-state index contributed by atoms with van der Waals surface area (Å²) in [6.45, 7) is 0. The molecule has 0 spiro atoms. The van der Waals surface area contributed by atoms with Gasteiger partial charge in [-0.15, -0.1) is 0 Å².